The molecule has 1 aliphatic heterocycles. The van der Waals surface area contributed by atoms with Crippen LogP contribution in [0, 0.1) is 5.41 Å². The molecule has 19 heavy (non-hydrogen) atoms. The maximum absolute atomic E-state index is 10.8. The molecule has 0 spiro atoms. The van der Waals surface area contributed by atoms with E-state index in [9.17, 15) is 4.79 Å². The minimum absolute atomic E-state index is 0.547. The molecule has 1 aromatic rings. The van der Waals surface area contributed by atoms with Gasteiger partial charge in [-0.15, -0.1) is 0 Å². The summed E-state index contributed by atoms with van der Waals surface area (Å²) < 4.78 is 1.03. The van der Waals surface area contributed by atoms with E-state index in [-0.39, 0.29) is 0 Å². The van der Waals surface area contributed by atoms with E-state index >= 15 is 0 Å². The van der Waals surface area contributed by atoms with Gasteiger partial charge in [0.2, 0.25) is 0 Å². The van der Waals surface area contributed by atoms with Crippen molar-refractivity contribution in [1.29, 1.82) is 0 Å². The first-order valence-corrected chi connectivity index (χ1v) is 7.93. The molecule has 0 saturated carbocycles. The first-order chi connectivity index (χ1) is 9.14. The smallest absolute Gasteiger partial charge is 0.150 e. The third-order valence-corrected chi connectivity index (χ3v) is 5.41. The summed E-state index contributed by atoms with van der Waals surface area (Å²) in [5.74, 6) is 0. The largest absolute Gasteiger partial charge is 0.371 e. The Kier molecular flexibility index (Phi) is 4.67. The molecular weight excluding hydrogens is 302 g/mol. The zero-order valence-corrected chi connectivity index (χ0v) is 13.4. The third kappa shape index (κ3) is 3.02. The minimum atomic E-state index is 0.547. The predicted octanol–water partition coefficient (Wildman–Crippen LogP) is 4.67. The Hall–Kier alpha value is -0.830. The second-order valence-electron chi connectivity index (χ2n) is 5.52. The molecule has 0 amide bonds. The van der Waals surface area contributed by atoms with Crippen molar-refractivity contribution in [2.45, 2.75) is 39.5 Å². The molecule has 1 heterocycles. The number of benzene rings is 1. The van der Waals surface area contributed by atoms with Gasteiger partial charge in [0.1, 0.15) is 6.29 Å². The van der Waals surface area contributed by atoms with E-state index in [1.165, 1.54) is 31.4 Å². The summed E-state index contributed by atoms with van der Waals surface area (Å²) in [5.41, 5.74) is 2.49. The van der Waals surface area contributed by atoms with Gasteiger partial charge in [-0.2, -0.15) is 0 Å². The summed E-state index contributed by atoms with van der Waals surface area (Å²) in [6.07, 6.45) is 5.98. The van der Waals surface area contributed by atoms with Crippen LogP contribution in [0.25, 0.3) is 0 Å². The van der Waals surface area contributed by atoms with Crippen LogP contribution in [0.3, 0.4) is 0 Å². The molecule has 0 unspecified atom stereocenters. The molecule has 0 N–H and O–H groups in total. The Morgan fingerprint density at radius 2 is 1.89 bits per heavy atom. The van der Waals surface area contributed by atoms with Crippen molar-refractivity contribution in [3.63, 3.8) is 0 Å². The van der Waals surface area contributed by atoms with Crippen LogP contribution >= 0.6 is 15.9 Å². The summed E-state index contributed by atoms with van der Waals surface area (Å²) in [4.78, 5) is 13.2. The Balaban J connectivity index is 2.11. The van der Waals surface area contributed by atoms with Crippen LogP contribution in [-0.4, -0.2) is 19.4 Å². The molecule has 0 aliphatic carbocycles. The number of carbonyl (C=O) groups is 1. The molecule has 1 aromatic carbocycles. The molecule has 2 nitrogen and oxygen atoms in total. The van der Waals surface area contributed by atoms with Gasteiger partial charge in [-0.05, 0) is 52.4 Å². The van der Waals surface area contributed by atoms with E-state index in [1.807, 2.05) is 12.1 Å². The zero-order valence-electron chi connectivity index (χ0n) is 11.8. The van der Waals surface area contributed by atoms with Crippen LogP contribution < -0.4 is 4.90 Å². The van der Waals surface area contributed by atoms with Crippen LogP contribution in [-0.2, 0) is 0 Å². The lowest BCUT2D eigenvalue weighted by atomic mass is 9.74. The third-order valence-electron chi connectivity index (χ3n) is 4.77. The first-order valence-electron chi connectivity index (χ1n) is 7.14. The molecule has 1 aliphatic rings. The lowest BCUT2D eigenvalue weighted by Gasteiger charge is -2.42. The standard InChI is InChI=1S/C16H22BrNO/c1-3-16(4-2)7-9-18(10-8-16)15-6-5-13(12-19)11-14(15)17/h5-6,11-12H,3-4,7-10H2,1-2H3. The number of rotatable bonds is 4. The van der Waals surface area contributed by atoms with Crippen molar-refractivity contribution >= 4 is 27.9 Å². The summed E-state index contributed by atoms with van der Waals surface area (Å²) in [6.45, 7) is 6.85. The average Bonchev–Trinajstić information content (AvgIpc) is 2.47. The lowest BCUT2D eigenvalue weighted by Crippen LogP contribution is -2.39. The van der Waals surface area contributed by atoms with E-state index in [4.69, 9.17) is 0 Å². The number of nitrogens with zero attached hydrogens (tertiary/aromatic N) is 1. The highest BCUT2D eigenvalue weighted by atomic mass is 79.9. The number of carbonyl (C=O) groups excluding carboxylic acids is 1. The fraction of sp³-hybridized carbons (Fsp3) is 0.562. The molecule has 0 bridgehead atoms. The van der Waals surface area contributed by atoms with Gasteiger partial charge in [0, 0.05) is 23.1 Å². The fourth-order valence-corrected chi connectivity index (χ4v) is 3.68. The van der Waals surface area contributed by atoms with E-state index in [2.05, 4.69) is 40.7 Å². The Morgan fingerprint density at radius 1 is 1.26 bits per heavy atom. The van der Waals surface area contributed by atoms with Crippen molar-refractivity contribution in [3.8, 4) is 0 Å². The van der Waals surface area contributed by atoms with Gasteiger partial charge >= 0.3 is 0 Å². The maximum Gasteiger partial charge on any atom is 0.150 e. The van der Waals surface area contributed by atoms with E-state index in [0.717, 1.165) is 29.4 Å². The zero-order chi connectivity index (χ0) is 13.9. The predicted molar refractivity (Wildman–Crippen MR) is 84.0 cm³/mol. The molecule has 1 fully saturated rings. The van der Waals surface area contributed by atoms with Crippen LogP contribution in [0.1, 0.15) is 49.9 Å². The normalized spacial score (nSPS) is 18.4. The molecule has 2 rings (SSSR count). The molecular formula is C16H22BrNO. The topological polar surface area (TPSA) is 20.3 Å². The number of piperidine rings is 1. The summed E-state index contributed by atoms with van der Waals surface area (Å²) in [6, 6.07) is 5.86. The second-order valence-corrected chi connectivity index (χ2v) is 6.38. The van der Waals surface area contributed by atoms with Crippen molar-refractivity contribution in [1.82, 2.24) is 0 Å². The lowest BCUT2D eigenvalue weighted by molar-refractivity contribution is 0.112. The van der Waals surface area contributed by atoms with Crippen LogP contribution in [0.15, 0.2) is 22.7 Å². The summed E-state index contributed by atoms with van der Waals surface area (Å²) >= 11 is 3.59. The van der Waals surface area contributed by atoms with Gasteiger partial charge in [0.05, 0.1) is 5.69 Å². The summed E-state index contributed by atoms with van der Waals surface area (Å²) in [5, 5.41) is 0. The van der Waals surface area contributed by atoms with Crippen molar-refractivity contribution < 1.29 is 4.79 Å². The van der Waals surface area contributed by atoms with E-state index in [1.54, 1.807) is 0 Å². The molecule has 3 heteroatoms. The number of halogens is 1. The summed E-state index contributed by atoms with van der Waals surface area (Å²) in [7, 11) is 0. The monoisotopic (exact) mass is 323 g/mol. The minimum Gasteiger partial charge on any atom is -0.371 e. The average molecular weight is 324 g/mol. The van der Waals surface area contributed by atoms with Gasteiger partial charge in [-0.3, -0.25) is 4.79 Å². The first kappa shape index (κ1) is 14.6. The van der Waals surface area contributed by atoms with E-state index < -0.39 is 0 Å². The quantitative estimate of drug-likeness (QED) is 0.750. The van der Waals surface area contributed by atoms with E-state index in [0.29, 0.717) is 5.41 Å². The van der Waals surface area contributed by atoms with Crippen molar-refractivity contribution in [3.05, 3.63) is 28.2 Å². The van der Waals surface area contributed by atoms with Crippen LogP contribution in [0.4, 0.5) is 5.69 Å². The number of hydrogen-bond donors (Lipinski definition) is 0. The SMILES string of the molecule is CCC1(CC)CCN(c2ccc(C=O)cc2Br)CC1. The number of hydrogen-bond acceptors (Lipinski definition) is 2. The number of anilines is 1. The molecule has 1 saturated heterocycles. The van der Waals surface area contributed by atoms with Gasteiger partial charge in [0.15, 0.2) is 0 Å². The van der Waals surface area contributed by atoms with Gasteiger partial charge in [-0.25, -0.2) is 0 Å². The maximum atomic E-state index is 10.8. The molecule has 0 radical (unpaired) electrons. The molecule has 104 valence electrons. The number of aldehydes is 1. The van der Waals surface area contributed by atoms with Crippen LogP contribution in [0.5, 0.6) is 0 Å². The highest BCUT2D eigenvalue weighted by Crippen LogP contribution is 2.40. The van der Waals surface area contributed by atoms with Gasteiger partial charge in [0.25, 0.3) is 0 Å². The fourth-order valence-electron chi connectivity index (χ4n) is 3.03. The van der Waals surface area contributed by atoms with Gasteiger partial charge < -0.3 is 4.90 Å². The Bertz CT molecular complexity index is 444. The van der Waals surface area contributed by atoms with Crippen molar-refractivity contribution in [2.75, 3.05) is 18.0 Å². The Labute approximate surface area is 124 Å². The second kappa shape index (κ2) is 6.08. The molecule has 0 aromatic heterocycles. The Morgan fingerprint density at radius 3 is 2.37 bits per heavy atom. The van der Waals surface area contributed by atoms with Gasteiger partial charge in [-0.1, -0.05) is 26.7 Å². The van der Waals surface area contributed by atoms with Crippen molar-refractivity contribution in [2.24, 2.45) is 5.41 Å². The van der Waals surface area contributed by atoms with Crippen LogP contribution in [0.2, 0.25) is 0 Å². The molecule has 0 atom stereocenters. The highest BCUT2D eigenvalue weighted by molar-refractivity contribution is 9.10. The highest BCUT2D eigenvalue weighted by Gasteiger charge is 2.31.